The van der Waals surface area contributed by atoms with Crippen LogP contribution in [-0.2, 0) is 6.42 Å². The van der Waals surface area contributed by atoms with Gasteiger partial charge in [-0.2, -0.15) is 12.6 Å². The van der Waals surface area contributed by atoms with Crippen LogP contribution < -0.4 is 0 Å². The van der Waals surface area contributed by atoms with Gasteiger partial charge in [-0.05, 0) is 24.9 Å². The molecule has 1 heterocycles. The third-order valence-electron chi connectivity index (χ3n) is 1.80. The summed E-state index contributed by atoms with van der Waals surface area (Å²) in [7, 11) is 2.14. The number of hydrogen-bond donors (Lipinski definition) is 1. The monoisotopic (exact) mass is 201 g/mol. The molecule has 0 atom stereocenters. The molecular formula is C9H15NS2. The molecule has 1 aromatic heterocycles. The van der Waals surface area contributed by atoms with E-state index in [0.29, 0.717) is 0 Å². The lowest BCUT2D eigenvalue weighted by molar-refractivity contribution is 0.362. The minimum Gasteiger partial charge on any atom is -0.305 e. The van der Waals surface area contributed by atoms with Crippen molar-refractivity contribution in [2.75, 3.05) is 25.9 Å². The molecule has 1 aromatic rings. The van der Waals surface area contributed by atoms with E-state index in [4.69, 9.17) is 0 Å². The Morgan fingerprint density at radius 1 is 1.50 bits per heavy atom. The highest BCUT2D eigenvalue weighted by Crippen LogP contribution is 2.09. The van der Waals surface area contributed by atoms with Gasteiger partial charge in [0.25, 0.3) is 0 Å². The van der Waals surface area contributed by atoms with Crippen LogP contribution >= 0.6 is 24.0 Å². The summed E-state index contributed by atoms with van der Waals surface area (Å²) in [6.45, 7) is 2.22. The van der Waals surface area contributed by atoms with Crippen molar-refractivity contribution in [2.45, 2.75) is 6.42 Å². The second-order valence-electron chi connectivity index (χ2n) is 2.86. The highest BCUT2D eigenvalue weighted by atomic mass is 32.1. The van der Waals surface area contributed by atoms with Crippen LogP contribution in [0.25, 0.3) is 0 Å². The van der Waals surface area contributed by atoms with Crippen molar-refractivity contribution < 1.29 is 0 Å². The fourth-order valence-corrected chi connectivity index (χ4v) is 2.08. The van der Waals surface area contributed by atoms with Crippen molar-refractivity contribution in [3.63, 3.8) is 0 Å². The van der Waals surface area contributed by atoms with Crippen molar-refractivity contribution >= 4 is 24.0 Å². The quantitative estimate of drug-likeness (QED) is 0.715. The Bertz CT molecular complexity index is 196. The van der Waals surface area contributed by atoms with Crippen LogP contribution in [0.15, 0.2) is 17.5 Å². The molecule has 0 aliphatic rings. The molecule has 0 saturated carbocycles. The normalized spacial score (nSPS) is 10.9. The minimum atomic E-state index is 0.945. The van der Waals surface area contributed by atoms with E-state index < -0.39 is 0 Å². The van der Waals surface area contributed by atoms with Gasteiger partial charge >= 0.3 is 0 Å². The summed E-state index contributed by atoms with van der Waals surface area (Å²) in [6, 6.07) is 4.30. The zero-order valence-electron chi connectivity index (χ0n) is 7.36. The summed E-state index contributed by atoms with van der Waals surface area (Å²) >= 11 is 6.03. The van der Waals surface area contributed by atoms with Crippen LogP contribution in [0.3, 0.4) is 0 Å². The predicted molar refractivity (Wildman–Crippen MR) is 59.4 cm³/mol. The first-order chi connectivity index (χ1) is 5.83. The number of likely N-dealkylation sites (N-methyl/N-ethyl adjacent to an activating group) is 1. The maximum absolute atomic E-state index is 4.19. The largest absolute Gasteiger partial charge is 0.305 e. The van der Waals surface area contributed by atoms with Gasteiger partial charge in [0.1, 0.15) is 0 Å². The fourth-order valence-electron chi connectivity index (χ4n) is 1.04. The van der Waals surface area contributed by atoms with Crippen LogP contribution in [-0.4, -0.2) is 30.8 Å². The Hall–Kier alpha value is 0.01000. The Balaban J connectivity index is 2.17. The van der Waals surface area contributed by atoms with Crippen molar-refractivity contribution in [3.8, 4) is 0 Å². The van der Waals surface area contributed by atoms with E-state index in [1.165, 1.54) is 11.3 Å². The maximum atomic E-state index is 4.19. The van der Waals surface area contributed by atoms with E-state index in [1.807, 2.05) is 11.3 Å². The van der Waals surface area contributed by atoms with Crippen molar-refractivity contribution in [3.05, 3.63) is 22.4 Å². The average Bonchev–Trinajstić information content (AvgIpc) is 2.53. The second kappa shape index (κ2) is 5.62. The Kier molecular flexibility index (Phi) is 4.73. The van der Waals surface area contributed by atoms with Gasteiger partial charge in [0.15, 0.2) is 0 Å². The summed E-state index contributed by atoms with van der Waals surface area (Å²) in [5.41, 5.74) is 0. The van der Waals surface area contributed by atoms with Gasteiger partial charge in [-0.3, -0.25) is 0 Å². The van der Waals surface area contributed by atoms with Gasteiger partial charge < -0.3 is 4.90 Å². The third kappa shape index (κ3) is 3.61. The van der Waals surface area contributed by atoms with E-state index in [-0.39, 0.29) is 0 Å². The second-order valence-corrected chi connectivity index (χ2v) is 4.34. The van der Waals surface area contributed by atoms with Crippen LogP contribution in [0, 0.1) is 0 Å². The van der Waals surface area contributed by atoms with Gasteiger partial charge in [-0.15, -0.1) is 11.3 Å². The summed E-state index contributed by atoms with van der Waals surface area (Å²) in [5, 5.41) is 2.13. The van der Waals surface area contributed by atoms with E-state index >= 15 is 0 Å². The third-order valence-corrected chi connectivity index (χ3v) is 2.94. The maximum Gasteiger partial charge on any atom is 0.00669 e. The number of rotatable bonds is 5. The highest BCUT2D eigenvalue weighted by Gasteiger charge is 1.97. The molecule has 0 unspecified atom stereocenters. The Morgan fingerprint density at radius 3 is 2.92 bits per heavy atom. The molecule has 1 rings (SSSR count). The summed E-state index contributed by atoms with van der Waals surface area (Å²) in [5.74, 6) is 0.945. The first-order valence-corrected chi connectivity index (χ1v) is 5.66. The Labute approximate surface area is 83.8 Å². The molecule has 3 heteroatoms. The van der Waals surface area contributed by atoms with Crippen molar-refractivity contribution in [1.82, 2.24) is 4.90 Å². The van der Waals surface area contributed by atoms with Crippen LogP contribution in [0.2, 0.25) is 0 Å². The molecule has 0 amide bonds. The number of thiol groups is 1. The molecule has 0 aromatic carbocycles. The summed E-state index contributed by atoms with van der Waals surface area (Å²) < 4.78 is 0. The summed E-state index contributed by atoms with van der Waals surface area (Å²) in [4.78, 5) is 3.79. The van der Waals surface area contributed by atoms with Crippen LogP contribution in [0.1, 0.15) is 4.88 Å². The fraction of sp³-hybridized carbons (Fsp3) is 0.556. The first-order valence-electron chi connectivity index (χ1n) is 4.14. The zero-order valence-corrected chi connectivity index (χ0v) is 9.07. The topological polar surface area (TPSA) is 3.24 Å². The molecule has 0 radical (unpaired) electrons. The SMILES string of the molecule is CN(CCS)CCc1cccs1. The van der Waals surface area contributed by atoms with Gasteiger partial charge in [-0.25, -0.2) is 0 Å². The van der Waals surface area contributed by atoms with Crippen molar-refractivity contribution in [1.29, 1.82) is 0 Å². The lowest BCUT2D eigenvalue weighted by Crippen LogP contribution is -2.23. The minimum absolute atomic E-state index is 0.945. The molecule has 68 valence electrons. The number of thiophene rings is 1. The molecule has 0 spiro atoms. The van der Waals surface area contributed by atoms with Crippen LogP contribution in [0.5, 0.6) is 0 Å². The lowest BCUT2D eigenvalue weighted by Gasteiger charge is -2.13. The Morgan fingerprint density at radius 2 is 2.33 bits per heavy atom. The number of hydrogen-bond acceptors (Lipinski definition) is 3. The van der Waals surface area contributed by atoms with E-state index in [1.54, 1.807) is 0 Å². The molecule has 0 saturated heterocycles. The van der Waals surface area contributed by atoms with Crippen LogP contribution in [0.4, 0.5) is 0 Å². The van der Waals surface area contributed by atoms with Gasteiger partial charge in [0.2, 0.25) is 0 Å². The van der Waals surface area contributed by atoms with Gasteiger partial charge in [0.05, 0.1) is 0 Å². The zero-order chi connectivity index (χ0) is 8.81. The molecular weight excluding hydrogens is 186 g/mol. The molecule has 0 bridgehead atoms. The molecule has 0 fully saturated rings. The molecule has 1 nitrogen and oxygen atoms in total. The van der Waals surface area contributed by atoms with E-state index in [9.17, 15) is 0 Å². The predicted octanol–water partition coefficient (Wildman–Crippen LogP) is 2.15. The summed E-state index contributed by atoms with van der Waals surface area (Å²) in [6.07, 6.45) is 1.17. The number of nitrogens with zero attached hydrogens (tertiary/aromatic N) is 1. The van der Waals surface area contributed by atoms with Gasteiger partial charge in [0, 0.05) is 23.7 Å². The smallest absolute Gasteiger partial charge is 0.00669 e. The lowest BCUT2D eigenvalue weighted by atomic mass is 10.3. The molecule has 0 N–H and O–H groups in total. The molecule has 0 aliphatic carbocycles. The first kappa shape index (κ1) is 10.1. The van der Waals surface area contributed by atoms with E-state index in [2.05, 4.69) is 42.1 Å². The van der Waals surface area contributed by atoms with E-state index in [0.717, 1.165) is 18.8 Å². The molecule has 0 aliphatic heterocycles. The van der Waals surface area contributed by atoms with Crippen molar-refractivity contribution in [2.24, 2.45) is 0 Å². The average molecular weight is 201 g/mol. The highest BCUT2D eigenvalue weighted by molar-refractivity contribution is 7.80. The standard InChI is InChI=1S/C9H15NS2/c1-10(6-7-11)5-4-9-3-2-8-12-9/h2-3,8,11H,4-7H2,1H3. The van der Waals surface area contributed by atoms with Gasteiger partial charge in [-0.1, -0.05) is 6.07 Å². The molecule has 12 heavy (non-hydrogen) atoms.